The molecular formula is C12H20ClNOS. The fourth-order valence-electron chi connectivity index (χ4n) is 0.854. The van der Waals surface area contributed by atoms with Crippen molar-refractivity contribution >= 4 is 30.4 Å². The van der Waals surface area contributed by atoms with Crippen molar-refractivity contribution in [3.05, 3.63) is 28.3 Å². The van der Waals surface area contributed by atoms with E-state index in [1.165, 1.54) is 6.21 Å². The number of thiol groups is 1. The summed E-state index contributed by atoms with van der Waals surface area (Å²) in [5.41, 5.74) is 1.69. The summed E-state index contributed by atoms with van der Waals surface area (Å²) in [7, 11) is 0. The van der Waals surface area contributed by atoms with Crippen LogP contribution in [0.3, 0.4) is 0 Å². The fraction of sp³-hybridized carbons (Fsp3) is 0.417. The molecule has 0 fully saturated rings. The monoisotopic (exact) mass is 261 g/mol. The molecule has 0 radical (unpaired) electrons. The summed E-state index contributed by atoms with van der Waals surface area (Å²) in [6, 6.07) is 3.53. The third-order valence-electron chi connectivity index (χ3n) is 1.51. The first kappa shape index (κ1) is 17.7. The summed E-state index contributed by atoms with van der Waals surface area (Å²) in [6.45, 7) is 9.91. The molecule has 2 nitrogen and oxygen atoms in total. The standard InChI is InChI=1S/C8H8ClNOS.2C2H6/c1-5-2-6(4-10-11)7(9)3-8(5)12;2*1-2/h2-4,11-12H,1H3;2*1-2H3/b10-4+;;. The van der Waals surface area contributed by atoms with E-state index in [-0.39, 0.29) is 0 Å². The normalized spacial score (nSPS) is 8.94. The molecule has 0 aliphatic heterocycles. The molecule has 0 atom stereocenters. The number of rotatable bonds is 1. The SMILES string of the molecule is CC.CC.Cc1cc(/C=N/O)c(Cl)cc1S. The number of nitrogens with zero attached hydrogens (tertiary/aromatic N) is 1. The molecule has 0 saturated heterocycles. The van der Waals surface area contributed by atoms with Crippen LogP contribution in [0.25, 0.3) is 0 Å². The zero-order valence-corrected chi connectivity index (χ0v) is 12.1. The van der Waals surface area contributed by atoms with Crippen LogP contribution in [-0.2, 0) is 0 Å². The van der Waals surface area contributed by atoms with Gasteiger partial charge in [0.1, 0.15) is 0 Å². The Kier molecular flexibility index (Phi) is 12.0. The topological polar surface area (TPSA) is 32.6 Å². The molecule has 1 aromatic rings. The van der Waals surface area contributed by atoms with E-state index in [0.29, 0.717) is 10.6 Å². The minimum absolute atomic E-state index is 0.531. The molecular weight excluding hydrogens is 242 g/mol. The van der Waals surface area contributed by atoms with Gasteiger partial charge in [-0.2, -0.15) is 0 Å². The molecule has 92 valence electrons. The Morgan fingerprint density at radius 3 is 2.19 bits per heavy atom. The summed E-state index contributed by atoms with van der Waals surface area (Å²) in [5, 5.41) is 11.7. The zero-order valence-electron chi connectivity index (χ0n) is 10.5. The number of aryl methyl sites for hydroxylation is 1. The van der Waals surface area contributed by atoms with Crippen LogP contribution in [0.2, 0.25) is 5.02 Å². The van der Waals surface area contributed by atoms with E-state index in [2.05, 4.69) is 17.8 Å². The van der Waals surface area contributed by atoms with Gasteiger partial charge in [-0.1, -0.05) is 44.5 Å². The Morgan fingerprint density at radius 2 is 1.75 bits per heavy atom. The zero-order chi connectivity index (χ0) is 13.1. The van der Waals surface area contributed by atoms with E-state index < -0.39 is 0 Å². The second-order valence-corrected chi connectivity index (χ2v) is 3.29. The largest absolute Gasteiger partial charge is 0.411 e. The van der Waals surface area contributed by atoms with Gasteiger partial charge in [0, 0.05) is 10.5 Å². The number of oxime groups is 1. The molecule has 1 N–H and O–H groups in total. The third-order valence-corrected chi connectivity index (χ3v) is 2.32. The molecule has 0 aliphatic carbocycles. The van der Waals surface area contributed by atoms with Crippen LogP contribution in [0.15, 0.2) is 22.2 Å². The summed E-state index contributed by atoms with van der Waals surface area (Å²) in [4.78, 5) is 0.829. The highest BCUT2D eigenvalue weighted by atomic mass is 35.5. The van der Waals surface area contributed by atoms with E-state index in [4.69, 9.17) is 16.8 Å². The number of benzene rings is 1. The summed E-state index contributed by atoms with van der Waals surface area (Å²) in [6.07, 6.45) is 1.29. The van der Waals surface area contributed by atoms with E-state index in [9.17, 15) is 0 Å². The van der Waals surface area contributed by atoms with Crippen LogP contribution in [0.1, 0.15) is 38.8 Å². The fourth-order valence-corrected chi connectivity index (χ4v) is 1.34. The van der Waals surface area contributed by atoms with Crippen LogP contribution in [0.4, 0.5) is 0 Å². The van der Waals surface area contributed by atoms with Gasteiger partial charge in [0.2, 0.25) is 0 Å². The molecule has 0 saturated carbocycles. The third kappa shape index (κ3) is 6.03. The summed E-state index contributed by atoms with van der Waals surface area (Å²) < 4.78 is 0. The van der Waals surface area contributed by atoms with Gasteiger partial charge >= 0.3 is 0 Å². The smallest absolute Gasteiger partial charge is 0.0748 e. The highest BCUT2D eigenvalue weighted by Crippen LogP contribution is 2.22. The predicted molar refractivity (Wildman–Crippen MR) is 75.5 cm³/mol. The van der Waals surface area contributed by atoms with Gasteiger partial charge in [-0.15, -0.1) is 12.6 Å². The van der Waals surface area contributed by atoms with E-state index >= 15 is 0 Å². The number of halogens is 1. The highest BCUT2D eigenvalue weighted by Gasteiger charge is 2.01. The Hall–Kier alpha value is -0.670. The van der Waals surface area contributed by atoms with E-state index in [1.807, 2.05) is 40.7 Å². The molecule has 4 heteroatoms. The van der Waals surface area contributed by atoms with Gasteiger partial charge in [0.25, 0.3) is 0 Å². The van der Waals surface area contributed by atoms with Gasteiger partial charge in [0.15, 0.2) is 0 Å². The minimum Gasteiger partial charge on any atom is -0.411 e. The van der Waals surface area contributed by atoms with Crippen molar-refractivity contribution in [3.63, 3.8) is 0 Å². The maximum Gasteiger partial charge on any atom is 0.0748 e. The molecule has 0 amide bonds. The van der Waals surface area contributed by atoms with Crippen molar-refractivity contribution in [3.8, 4) is 0 Å². The first-order valence-electron chi connectivity index (χ1n) is 5.31. The van der Waals surface area contributed by atoms with Crippen LogP contribution >= 0.6 is 24.2 Å². The molecule has 16 heavy (non-hydrogen) atoms. The Labute approximate surface area is 109 Å². The van der Waals surface area contributed by atoms with Crippen LogP contribution < -0.4 is 0 Å². The van der Waals surface area contributed by atoms with Crippen molar-refractivity contribution in [1.29, 1.82) is 0 Å². The first-order chi connectivity index (χ1) is 7.65. The maximum absolute atomic E-state index is 8.30. The second kappa shape index (κ2) is 10.8. The quantitative estimate of drug-likeness (QED) is 0.324. The van der Waals surface area contributed by atoms with Crippen molar-refractivity contribution in [2.75, 3.05) is 0 Å². The highest BCUT2D eigenvalue weighted by molar-refractivity contribution is 7.80. The van der Waals surface area contributed by atoms with Gasteiger partial charge in [-0.3, -0.25) is 0 Å². The molecule has 0 heterocycles. The van der Waals surface area contributed by atoms with Gasteiger partial charge < -0.3 is 5.21 Å². The Balaban J connectivity index is 0. The van der Waals surface area contributed by atoms with Crippen molar-refractivity contribution in [1.82, 2.24) is 0 Å². The maximum atomic E-state index is 8.30. The average molecular weight is 262 g/mol. The van der Waals surface area contributed by atoms with Crippen LogP contribution in [0.5, 0.6) is 0 Å². The second-order valence-electron chi connectivity index (χ2n) is 2.40. The molecule has 1 rings (SSSR count). The van der Waals surface area contributed by atoms with E-state index in [1.54, 1.807) is 6.07 Å². The predicted octanol–water partition coefficient (Wildman–Crippen LogP) is 4.80. The van der Waals surface area contributed by atoms with Crippen molar-refractivity contribution in [2.24, 2.45) is 5.16 Å². The van der Waals surface area contributed by atoms with Crippen LogP contribution in [-0.4, -0.2) is 11.4 Å². The van der Waals surface area contributed by atoms with Crippen molar-refractivity contribution in [2.45, 2.75) is 39.5 Å². The minimum atomic E-state index is 0.531. The lowest BCUT2D eigenvalue weighted by Gasteiger charge is -2.02. The Bertz CT molecular complexity index is 327. The van der Waals surface area contributed by atoms with Crippen molar-refractivity contribution < 1.29 is 5.21 Å². The number of hydrogen-bond acceptors (Lipinski definition) is 3. The lowest BCUT2D eigenvalue weighted by molar-refractivity contribution is 0.322. The lowest BCUT2D eigenvalue weighted by atomic mass is 10.1. The average Bonchev–Trinajstić information content (AvgIpc) is 2.31. The molecule has 0 aromatic heterocycles. The molecule has 0 aliphatic rings. The van der Waals surface area contributed by atoms with Gasteiger partial charge in [0.05, 0.1) is 11.2 Å². The first-order valence-corrected chi connectivity index (χ1v) is 6.14. The van der Waals surface area contributed by atoms with Gasteiger partial charge in [-0.25, -0.2) is 0 Å². The Morgan fingerprint density at radius 1 is 1.25 bits per heavy atom. The summed E-state index contributed by atoms with van der Waals surface area (Å²) in [5.74, 6) is 0. The molecule has 0 bridgehead atoms. The van der Waals surface area contributed by atoms with Gasteiger partial charge in [-0.05, 0) is 24.6 Å². The lowest BCUT2D eigenvalue weighted by Crippen LogP contribution is -1.86. The van der Waals surface area contributed by atoms with Crippen LogP contribution in [0, 0.1) is 6.92 Å². The molecule has 0 spiro atoms. The number of hydrogen-bond donors (Lipinski definition) is 2. The molecule has 1 aromatic carbocycles. The van der Waals surface area contributed by atoms with E-state index in [0.717, 1.165) is 10.5 Å². The molecule has 0 unspecified atom stereocenters. The summed E-state index contributed by atoms with van der Waals surface area (Å²) >= 11 is 10.0.